The summed E-state index contributed by atoms with van der Waals surface area (Å²) in [5, 5.41) is 20.6. The van der Waals surface area contributed by atoms with Gasteiger partial charge < -0.3 is 19.2 Å². The first-order valence-electron chi connectivity index (χ1n) is 9.30. The van der Waals surface area contributed by atoms with Crippen molar-refractivity contribution < 1.29 is 24.2 Å². The van der Waals surface area contributed by atoms with Gasteiger partial charge in [-0.1, -0.05) is 19.4 Å². The Labute approximate surface area is 171 Å². The van der Waals surface area contributed by atoms with Gasteiger partial charge >= 0.3 is 11.9 Å². The van der Waals surface area contributed by atoms with Crippen LogP contribution in [-0.2, 0) is 24.2 Å². The number of imidazole rings is 1. The van der Waals surface area contributed by atoms with Gasteiger partial charge in [-0.2, -0.15) is 0 Å². The molecule has 0 aromatic carbocycles. The lowest BCUT2D eigenvalue weighted by molar-refractivity contribution is -0.132. The van der Waals surface area contributed by atoms with Gasteiger partial charge in [0.2, 0.25) is 5.76 Å². The van der Waals surface area contributed by atoms with Crippen molar-refractivity contribution in [3.05, 3.63) is 69.3 Å². The summed E-state index contributed by atoms with van der Waals surface area (Å²) < 4.78 is 7.27. The van der Waals surface area contributed by atoms with E-state index < -0.39 is 11.9 Å². The number of hydrogen-bond donors (Lipinski definition) is 2. The van der Waals surface area contributed by atoms with Crippen molar-refractivity contribution in [2.45, 2.75) is 39.2 Å². The van der Waals surface area contributed by atoms with E-state index in [0.29, 0.717) is 17.9 Å². The van der Waals surface area contributed by atoms with E-state index in [1.165, 1.54) is 17.4 Å². The minimum absolute atomic E-state index is 0.128. The zero-order valence-electron chi connectivity index (χ0n) is 16.0. The van der Waals surface area contributed by atoms with Gasteiger partial charge in [0.1, 0.15) is 11.6 Å². The second kappa shape index (κ2) is 9.38. The molecule has 0 atom stereocenters. The molecule has 2 N–H and O–H groups in total. The second-order valence-electron chi connectivity index (χ2n) is 6.59. The standard InChI is InChI=1S/C21H22N2O5S/c1-2-3-6-19-22-12-15(10-14(20(24)25)11-17-5-4-9-29-17)23(19)13-16-7-8-18(28-16)21(26)27/h4-5,7-10,12H,2-3,6,11,13H2,1H3,(H,24,25)(H,26,27)/b14-10+. The number of aryl methyl sites for hydroxylation is 1. The smallest absolute Gasteiger partial charge is 0.371 e. The molecule has 0 saturated heterocycles. The first kappa shape index (κ1) is 20.6. The Balaban J connectivity index is 1.94. The van der Waals surface area contributed by atoms with Crippen molar-refractivity contribution in [3.8, 4) is 0 Å². The number of aliphatic carboxylic acids is 1. The maximum Gasteiger partial charge on any atom is 0.371 e. The van der Waals surface area contributed by atoms with Gasteiger partial charge in [-0.3, -0.25) is 0 Å². The number of carbonyl (C=O) groups is 2. The van der Waals surface area contributed by atoms with Crippen LogP contribution >= 0.6 is 11.3 Å². The van der Waals surface area contributed by atoms with Crippen molar-refractivity contribution in [3.63, 3.8) is 0 Å². The van der Waals surface area contributed by atoms with Crippen LogP contribution < -0.4 is 0 Å². The third kappa shape index (κ3) is 5.23. The SMILES string of the molecule is CCCCc1ncc(/C=C(\Cc2cccs2)C(=O)O)n1Cc1ccc(C(=O)O)o1. The minimum atomic E-state index is -1.13. The molecule has 29 heavy (non-hydrogen) atoms. The number of aromatic carboxylic acids is 1. The van der Waals surface area contributed by atoms with Crippen molar-refractivity contribution >= 4 is 29.4 Å². The van der Waals surface area contributed by atoms with Gasteiger partial charge in [-0.15, -0.1) is 11.3 Å². The number of furan rings is 1. The van der Waals surface area contributed by atoms with E-state index in [2.05, 4.69) is 11.9 Å². The molecule has 0 aliphatic rings. The molecule has 0 saturated carbocycles. The number of carboxylic acid groups (broad SMARTS) is 2. The molecule has 3 aromatic heterocycles. The van der Waals surface area contributed by atoms with Crippen LogP contribution in [0.15, 0.2) is 45.8 Å². The molecule has 0 aliphatic carbocycles. The number of nitrogens with zero attached hydrogens (tertiary/aromatic N) is 2. The molecule has 0 fully saturated rings. The molecule has 0 radical (unpaired) electrons. The summed E-state index contributed by atoms with van der Waals surface area (Å²) >= 11 is 1.51. The Kier molecular flexibility index (Phi) is 6.66. The van der Waals surface area contributed by atoms with Crippen molar-refractivity contribution in [2.75, 3.05) is 0 Å². The van der Waals surface area contributed by atoms with E-state index in [1.807, 2.05) is 22.1 Å². The number of carboxylic acids is 2. The third-order valence-corrected chi connectivity index (χ3v) is 5.33. The van der Waals surface area contributed by atoms with Crippen LogP contribution in [0.4, 0.5) is 0 Å². The zero-order valence-corrected chi connectivity index (χ0v) is 16.8. The van der Waals surface area contributed by atoms with Gasteiger partial charge in [0, 0.05) is 23.3 Å². The molecule has 3 heterocycles. The van der Waals surface area contributed by atoms with Crippen molar-refractivity contribution in [2.24, 2.45) is 0 Å². The van der Waals surface area contributed by atoms with E-state index in [4.69, 9.17) is 9.52 Å². The third-order valence-electron chi connectivity index (χ3n) is 4.45. The van der Waals surface area contributed by atoms with Crippen molar-refractivity contribution in [1.29, 1.82) is 0 Å². The quantitative estimate of drug-likeness (QED) is 0.478. The number of hydrogen-bond acceptors (Lipinski definition) is 5. The van der Waals surface area contributed by atoms with E-state index >= 15 is 0 Å². The first-order valence-corrected chi connectivity index (χ1v) is 10.2. The summed E-state index contributed by atoms with van der Waals surface area (Å²) in [6, 6.07) is 6.82. The molecular weight excluding hydrogens is 392 g/mol. The van der Waals surface area contributed by atoms with Gasteiger partial charge in [-0.25, -0.2) is 14.6 Å². The topological polar surface area (TPSA) is 106 Å². The molecule has 3 aromatic rings. The highest BCUT2D eigenvalue weighted by molar-refractivity contribution is 7.09. The lowest BCUT2D eigenvalue weighted by Gasteiger charge is -2.10. The average Bonchev–Trinajstić information content (AvgIpc) is 3.42. The van der Waals surface area contributed by atoms with Crippen LogP contribution in [0.5, 0.6) is 0 Å². The van der Waals surface area contributed by atoms with Gasteiger partial charge in [0.15, 0.2) is 0 Å². The van der Waals surface area contributed by atoms with E-state index in [1.54, 1.807) is 18.3 Å². The van der Waals surface area contributed by atoms with Crippen LogP contribution in [0.1, 0.15) is 52.5 Å². The molecule has 7 nitrogen and oxygen atoms in total. The largest absolute Gasteiger partial charge is 0.478 e. The molecule has 8 heteroatoms. The van der Waals surface area contributed by atoms with E-state index in [9.17, 15) is 14.7 Å². The predicted octanol–water partition coefficient (Wildman–Crippen LogP) is 4.34. The highest BCUT2D eigenvalue weighted by atomic mass is 32.1. The van der Waals surface area contributed by atoms with Crippen molar-refractivity contribution in [1.82, 2.24) is 9.55 Å². The van der Waals surface area contributed by atoms with Crippen LogP contribution in [0, 0.1) is 0 Å². The predicted molar refractivity (Wildman–Crippen MR) is 109 cm³/mol. The summed E-state index contributed by atoms with van der Waals surface area (Å²) in [6.45, 7) is 2.37. The summed E-state index contributed by atoms with van der Waals surface area (Å²) in [4.78, 5) is 28.3. The highest BCUT2D eigenvalue weighted by Gasteiger charge is 2.16. The molecule has 0 amide bonds. The van der Waals surface area contributed by atoms with Gasteiger partial charge in [-0.05, 0) is 36.1 Å². The number of thiophene rings is 1. The molecule has 0 aliphatic heterocycles. The molecule has 152 valence electrons. The first-order chi connectivity index (χ1) is 14.0. The average molecular weight is 414 g/mol. The number of rotatable bonds is 10. The summed E-state index contributed by atoms with van der Waals surface area (Å²) in [5.74, 6) is -0.948. The van der Waals surface area contributed by atoms with Crippen LogP contribution in [0.25, 0.3) is 6.08 Å². The Hall–Kier alpha value is -3.13. The maximum atomic E-state index is 11.8. The lowest BCUT2D eigenvalue weighted by Crippen LogP contribution is -2.09. The van der Waals surface area contributed by atoms with E-state index in [-0.39, 0.29) is 17.9 Å². The summed E-state index contributed by atoms with van der Waals surface area (Å²) in [7, 11) is 0. The molecular formula is C21H22N2O5S. The van der Waals surface area contributed by atoms with Crippen LogP contribution in [0.2, 0.25) is 0 Å². The Morgan fingerprint density at radius 1 is 1.28 bits per heavy atom. The molecule has 0 spiro atoms. The van der Waals surface area contributed by atoms with Gasteiger partial charge in [0.05, 0.1) is 18.4 Å². The Bertz CT molecular complexity index is 1010. The minimum Gasteiger partial charge on any atom is -0.478 e. The van der Waals surface area contributed by atoms with E-state index in [0.717, 1.165) is 30.0 Å². The molecule has 0 bridgehead atoms. The Morgan fingerprint density at radius 2 is 2.10 bits per heavy atom. The monoisotopic (exact) mass is 414 g/mol. The molecule has 3 rings (SSSR count). The molecule has 0 unspecified atom stereocenters. The Morgan fingerprint density at radius 3 is 2.72 bits per heavy atom. The normalized spacial score (nSPS) is 11.7. The lowest BCUT2D eigenvalue weighted by atomic mass is 10.1. The number of aromatic nitrogens is 2. The fourth-order valence-corrected chi connectivity index (χ4v) is 3.69. The fourth-order valence-electron chi connectivity index (χ4n) is 2.96. The summed E-state index contributed by atoms with van der Waals surface area (Å²) in [6.07, 6.45) is 6.30. The zero-order chi connectivity index (χ0) is 20.8. The number of unbranched alkanes of at least 4 members (excludes halogenated alkanes) is 1. The second-order valence-corrected chi connectivity index (χ2v) is 7.62. The van der Waals surface area contributed by atoms with Crippen LogP contribution in [0.3, 0.4) is 0 Å². The highest BCUT2D eigenvalue weighted by Crippen LogP contribution is 2.20. The van der Waals surface area contributed by atoms with Gasteiger partial charge in [0.25, 0.3) is 0 Å². The maximum absolute atomic E-state index is 11.8. The van der Waals surface area contributed by atoms with Crippen LogP contribution in [-0.4, -0.2) is 31.7 Å². The fraction of sp³-hybridized carbons (Fsp3) is 0.286. The summed E-state index contributed by atoms with van der Waals surface area (Å²) in [5.41, 5.74) is 0.916.